The maximum atomic E-state index is 12.6. The highest BCUT2D eigenvalue weighted by Gasteiger charge is 2.22. The van der Waals surface area contributed by atoms with Crippen LogP contribution in [-0.4, -0.2) is 50.7 Å². The molecule has 25 heavy (non-hydrogen) atoms. The molecule has 1 aliphatic rings. The molecule has 2 heterocycles. The summed E-state index contributed by atoms with van der Waals surface area (Å²) in [6, 6.07) is 5.66. The Morgan fingerprint density at radius 1 is 1.00 bits per heavy atom. The van der Waals surface area contributed by atoms with Crippen LogP contribution in [0.4, 0.5) is 0 Å². The van der Waals surface area contributed by atoms with Crippen LogP contribution in [0.3, 0.4) is 0 Å². The fourth-order valence-electron chi connectivity index (χ4n) is 2.86. The number of carboxylic acid groups (broad SMARTS) is 1. The van der Waals surface area contributed by atoms with Gasteiger partial charge in [0.25, 0.3) is 5.91 Å². The zero-order chi connectivity index (χ0) is 18.0. The van der Waals surface area contributed by atoms with E-state index in [4.69, 9.17) is 5.11 Å². The summed E-state index contributed by atoms with van der Waals surface area (Å²) in [5.41, 5.74) is 2.81. The molecular formula is C18H17N3O4. The number of carboxylic acids is 1. The normalized spacial score (nSPS) is 13.7. The van der Waals surface area contributed by atoms with Gasteiger partial charge in [0.05, 0.1) is 12.4 Å². The van der Waals surface area contributed by atoms with Gasteiger partial charge < -0.3 is 10.0 Å². The molecule has 1 amide bonds. The molecule has 0 radical (unpaired) electrons. The third kappa shape index (κ3) is 3.55. The lowest BCUT2D eigenvalue weighted by molar-refractivity contribution is 0.0685. The molecule has 0 atom stereocenters. The van der Waals surface area contributed by atoms with E-state index in [1.807, 2.05) is 18.2 Å². The molecule has 2 aromatic rings. The molecule has 1 aliphatic heterocycles. The van der Waals surface area contributed by atoms with E-state index in [1.165, 1.54) is 13.1 Å². The van der Waals surface area contributed by atoms with E-state index in [0.717, 1.165) is 17.3 Å². The Morgan fingerprint density at radius 2 is 1.64 bits per heavy atom. The molecule has 0 aliphatic carbocycles. The lowest BCUT2D eigenvalue weighted by atomic mass is 9.99. The van der Waals surface area contributed by atoms with Gasteiger partial charge in [0.1, 0.15) is 5.69 Å². The standard InChI is InChI=1S/C18H17N3O4/c1-11(22)13-3-2-12-4-6-21(7-5-14(12)8-13)17(23)15-9-20-16(10-19-15)18(24)25/h2-3,8-10H,4-7H2,1H3,(H,24,25). The second-order valence-corrected chi connectivity index (χ2v) is 5.92. The Balaban J connectivity index is 1.75. The summed E-state index contributed by atoms with van der Waals surface area (Å²) in [4.78, 5) is 44.3. The van der Waals surface area contributed by atoms with Crippen LogP contribution in [0.25, 0.3) is 0 Å². The van der Waals surface area contributed by atoms with Crippen LogP contribution in [0.2, 0.25) is 0 Å². The van der Waals surface area contributed by atoms with Gasteiger partial charge in [-0.2, -0.15) is 0 Å². The van der Waals surface area contributed by atoms with Crippen LogP contribution in [0.5, 0.6) is 0 Å². The summed E-state index contributed by atoms with van der Waals surface area (Å²) < 4.78 is 0. The van der Waals surface area contributed by atoms with E-state index >= 15 is 0 Å². The van der Waals surface area contributed by atoms with E-state index in [-0.39, 0.29) is 23.1 Å². The summed E-state index contributed by atoms with van der Waals surface area (Å²) >= 11 is 0. The average molecular weight is 339 g/mol. The lowest BCUT2D eigenvalue weighted by Crippen LogP contribution is -2.34. The monoisotopic (exact) mass is 339 g/mol. The molecular weight excluding hydrogens is 322 g/mol. The summed E-state index contributed by atoms with van der Waals surface area (Å²) in [5.74, 6) is -1.43. The number of carbonyl (C=O) groups excluding carboxylic acids is 2. The number of rotatable bonds is 3. The molecule has 0 saturated heterocycles. The second-order valence-electron chi connectivity index (χ2n) is 5.92. The second kappa shape index (κ2) is 6.80. The molecule has 0 fully saturated rings. The Labute approximate surface area is 144 Å². The van der Waals surface area contributed by atoms with Gasteiger partial charge in [-0.25, -0.2) is 14.8 Å². The molecule has 0 unspecified atom stereocenters. The number of fused-ring (bicyclic) bond motifs is 1. The van der Waals surface area contributed by atoms with Gasteiger partial charge in [-0.05, 0) is 37.0 Å². The number of amides is 1. The van der Waals surface area contributed by atoms with E-state index < -0.39 is 5.97 Å². The third-order valence-corrected chi connectivity index (χ3v) is 4.29. The highest BCUT2D eigenvalue weighted by molar-refractivity contribution is 5.94. The first-order valence-corrected chi connectivity index (χ1v) is 7.93. The van der Waals surface area contributed by atoms with Crippen molar-refractivity contribution < 1.29 is 19.5 Å². The molecule has 3 rings (SSSR count). The van der Waals surface area contributed by atoms with E-state index in [1.54, 1.807) is 4.90 Å². The van der Waals surface area contributed by atoms with Crippen molar-refractivity contribution in [1.82, 2.24) is 14.9 Å². The topological polar surface area (TPSA) is 100 Å². The summed E-state index contributed by atoms with van der Waals surface area (Å²) in [6.07, 6.45) is 3.63. The van der Waals surface area contributed by atoms with E-state index in [2.05, 4.69) is 9.97 Å². The van der Waals surface area contributed by atoms with Crippen molar-refractivity contribution in [3.63, 3.8) is 0 Å². The number of aromatic carboxylic acids is 1. The molecule has 0 spiro atoms. The predicted octanol–water partition coefficient (Wildman–Crippen LogP) is 1.62. The molecule has 7 nitrogen and oxygen atoms in total. The van der Waals surface area contributed by atoms with Gasteiger partial charge in [0.2, 0.25) is 0 Å². The van der Waals surface area contributed by atoms with Gasteiger partial charge in [-0.3, -0.25) is 9.59 Å². The number of ketones is 1. The third-order valence-electron chi connectivity index (χ3n) is 4.29. The van der Waals surface area contributed by atoms with Gasteiger partial charge in [0.15, 0.2) is 11.5 Å². The lowest BCUT2D eigenvalue weighted by Gasteiger charge is -2.19. The fourth-order valence-corrected chi connectivity index (χ4v) is 2.86. The summed E-state index contributed by atoms with van der Waals surface area (Å²) in [6.45, 7) is 2.58. The zero-order valence-electron chi connectivity index (χ0n) is 13.7. The molecule has 128 valence electrons. The molecule has 1 aromatic heterocycles. The molecule has 1 N–H and O–H groups in total. The first-order valence-electron chi connectivity index (χ1n) is 7.93. The first kappa shape index (κ1) is 16.8. The SMILES string of the molecule is CC(=O)c1ccc2c(c1)CCN(C(=O)c1cnc(C(=O)O)cn1)CC2. The largest absolute Gasteiger partial charge is 0.476 e. The molecule has 0 saturated carbocycles. The van der Waals surface area contributed by atoms with Crippen LogP contribution in [0, 0.1) is 0 Å². The zero-order valence-corrected chi connectivity index (χ0v) is 13.7. The average Bonchev–Trinajstić information content (AvgIpc) is 2.83. The fraction of sp³-hybridized carbons (Fsp3) is 0.278. The first-order chi connectivity index (χ1) is 12.0. The minimum atomic E-state index is -1.18. The number of carbonyl (C=O) groups is 3. The van der Waals surface area contributed by atoms with Crippen LogP contribution in [-0.2, 0) is 12.8 Å². The maximum absolute atomic E-state index is 12.6. The number of Topliss-reactive ketones (excluding diaryl/α,β-unsaturated/α-hetero) is 1. The van der Waals surface area contributed by atoms with Crippen molar-refractivity contribution in [2.45, 2.75) is 19.8 Å². The summed E-state index contributed by atoms with van der Waals surface area (Å²) in [5, 5.41) is 8.84. The van der Waals surface area contributed by atoms with Gasteiger partial charge in [-0.1, -0.05) is 12.1 Å². The quantitative estimate of drug-likeness (QED) is 0.853. The molecule has 7 heteroatoms. The number of hydrogen-bond donors (Lipinski definition) is 1. The Bertz CT molecular complexity index is 846. The van der Waals surface area contributed by atoms with Crippen LogP contribution in [0.15, 0.2) is 30.6 Å². The Hall–Kier alpha value is -3.09. The number of nitrogens with zero attached hydrogens (tertiary/aromatic N) is 3. The number of aromatic nitrogens is 2. The predicted molar refractivity (Wildman–Crippen MR) is 88.7 cm³/mol. The Morgan fingerprint density at radius 3 is 2.24 bits per heavy atom. The highest BCUT2D eigenvalue weighted by Crippen LogP contribution is 2.19. The van der Waals surface area contributed by atoms with Crippen molar-refractivity contribution in [2.75, 3.05) is 13.1 Å². The highest BCUT2D eigenvalue weighted by atomic mass is 16.4. The van der Waals surface area contributed by atoms with Crippen molar-refractivity contribution in [1.29, 1.82) is 0 Å². The van der Waals surface area contributed by atoms with Crippen LogP contribution < -0.4 is 0 Å². The van der Waals surface area contributed by atoms with Gasteiger partial charge >= 0.3 is 5.97 Å². The van der Waals surface area contributed by atoms with Crippen molar-refractivity contribution in [3.8, 4) is 0 Å². The minimum absolute atomic E-state index is 0.0220. The van der Waals surface area contributed by atoms with Gasteiger partial charge in [0, 0.05) is 18.7 Å². The molecule has 1 aromatic carbocycles. The maximum Gasteiger partial charge on any atom is 0.356 e. The van der Waals surface area contributed by atoms with Crippen LogP contribution >= 0.6 is 0 Å². The Kier molecular flexibility index (Phi) is 4.56. The van der Waals surface area contributed by atoms with Crippen molar-refractivity contribution in [2.24, 2.45) is 0 Å². The summed E-state index contributed by atoms with van der Waals surface area (Å²) in [7, 11) is 0. The minimum Gasteiger partial charge on any atom is -0.476 e. The van der Waals surface area contributed by atoms with Crippen molar-refractivity contribution in [3.05, 3.63) is 58.7 Å². The smallest absolute Gasteiger partial charge is 0.356 e. The van der Waals surface area contributed by atoms with E-state index in [9.17, 15) is 14.4 Å². The molecule has 0 bridgehead atoms. The van der Waals surface area contributed by atoms with E-state index in [0.29, 0.717) is 31.5 Å². The van der Waals surface area contributed by atoms with Gasteiger partial charge in [-0.15, -0.1) is 0 Å². The van der Waals surface area contributed by atoms with Crippen LogP contribution in [0.1, 0.15) is 49.4 Å². The van der Waals surface area contributed by atoms with Crippen molar-refractivity contribution >= 4 is 17.7 Å². The number of benzene rings is 1. The number of hydrogen-bond acceptors (Lipinski definition) is 5.